The Morgan fingerprint density at radius 1 is 1.05 bits per heavy atom. The lowest BCUT2D eigenvalue weighted by Gasteiger charge is -2.18. The molecule has 0 aliphatic carbocycles. The fraction of sp³-hybridized carbons (Fsp3) is 0.294. The Morgan fingerprint density at radius 3 is 2.50 bits per heavy atom. The van der Waals surface area contributed by atoms with Crippen molar-refractivity contribution in [1.29, 1.82) is 0 Å². The molecule has 0 heterocycles. The van der Waals surface area contributed by atoms with Gasteiger partial charge >= 0.3 is 0 Å². The van der Waals surface area contributed by atoms with Gasteiger partial charge in [0.25, 0.3) is 0 Å². The smallest absolute Gasteiger partial charge is 0.123 e. The summed E-state index contributed by atoms with van der Waals surface area (Å²) >= 11 is 0. The zero-order chi connectivity index (χ0) is 14.7. The summed E-state index contributed by atoms with van der Waals surface area (Å²) in [5, 5.41) is 22.5. The highest BCUT2D eigenvalue weighted by atomic mass is 16.3. The minimum Gasteiger partial charge on any atom is -0.508 e. The zero-order valence-electron chi connectivity index (χ0n) is 12.1. The first-order valence-corrected chi connectivity index (χ1v) is 6.79. The average molecular weight is 271 g/mol. The Hall–Kier alpha value is -2.00. The summed E-state index contributed by atoms with van der Waals surface area (Å²) in [6.07, 6.45) is 0. The molecule has 0 aromatic heterocycles. The van der Waals surface area contributed by atoms with E-state index in [1.165, 1.54) is 22.8 Å². The van der Waals surface area contributed by atoms with Gasteiger partial charge in [0.05, 0.1) is 0 Å². The highest BCUT2D eigenvalue weighted by Crippen LogP contribution is 2.24. The van der Waals surface area contributed by atoms with Crippen molar-refractivity contribution in [3.05, 3.63) is 58.7 Å². The number of aromatic hydroxyl groups is 2. The standard InChI is InChI=1S/C17H21NO2/c1-11-4-5-12(2)16(8-11)13(3)18-10-14-6-7-15(19)9-17(14)20/h4-9,13,18-20H,10H2,1-3H3. The Balaban J connectivity index is 2.08. The molecule has 0 bridgehead atoms. The van der Waals surface area contributed by atoms with E-state index < -0.39 is 0 Å². The molecule has 1 unspecified atom stereocenters. The van der Waals surface area contributed by atoms with E-state index in [0.717, 1.165) is 5.56 Å². The second-order valence-electron chi connectivity index (χ2n) is 5.28. The maximum atomic E-state index is 9.77. The van der Waals surface area contributed by atoms with E-state index in [2.05, 4.69) is 44.3 Å². The third-order valence-electron chi connectivity index (χ3n) is 3.57. The van der Waals surface area contributed by atoms with Gasteiger partial charge in [-0.05, 0) is 38.0 Å². The lowest BCUT2D eigenvalue weighted by molar-refractivity contribution is 0.441. The van der Waals surface area contributed by atoms with Crippen LogP contribution in [-0.4, -0.2) is 10.2 Å². The van der Waals surface area contributed by atoms with E-state index in [1.54, 1.807) is 12.1 Å². The predicted octanol–water partition coefficient (Wildman–Crippen LogP) is 3.57. The molecule has 1 atom stereocenters. The van der Waals surface area contributed by atoms with Crippen molar-refractivity contribution in [2.45, 2.75) is 33.4 Å². The van der Waals surface area contributed by atoms with Crippen molar-refractivity contribution in [3.8, 4) is 11.5 Å². The van der Waals surface area contributed by atoms with Crippen molar-refractivity contribution in [1.82, 2.24) is 5.32 Å². The molecule has 0 spiro atoms. The molecule has 106 valence electrons. The van der Waals surface area contributed by atoms with Crippen LogP contribution in [0.4, 0.5) is 0 Å². The number of hydrogen-bond acceptors (Lipinski definition) is 3. The summed E-state index contributed by atoms with van der Waals surface area (Å²) in [5.74, 6) is 0.194. The van der Waals surface area contributed by atoms with E-state index in [1.807, 2.05) is 0 Å². The van der Waals surface area contributed by atoms with Crippen LogP contribution in [0, 0.1) is 13.8 Å². The van der Waals surface area contributed by atoms with Gasteiger partial charge in [-0.15, -0.1) is 0 Å². The van der Waals surface area contributed by atoms with Crippen LogP contribution in [0.2, 0.25) is 0 Å². The third-order valence-corrected chi connectivity index (χ3v) is 3.57. The average Bonchev–Trinajstić information content (AvgIpc) is 2.40. The van der Waals surface area contributed by atoms with E-state index in [0.29, 0.717) is 6.54 Å². The maximum Gasteiger partial charge on any atom is 0.123 e. The normalized spacial score (nSPS) is 12.3. The Kier molecular flexibility index (Phi) is 4.30. The topological polar surface area (TPSA) is 52.5 Å². The molecule has 3 heteroatoms. The summed E-state index contributed by atoms with van der Waals surface area (Å²) in [6.45, 7) is 6.85. The number of phenolic OH excluding ortho intramolecular Hbond substituents is 2. The predicted molar refractivity (Wildman–Crippen MR) is 80.9 cm³/mol. The first-order chi connectivity index (χ1) is 9.47. The van der Waals surface area contributed by atoms with Gasteiger partial charge in [0.1, 0.15) is 11.5 Å². The molecule has 0 aliphatic rings. The van der Waals surface area contributed by atoms with Gasteiger partial charge in [0.15, 0.2) is 0 Å². The fourth-order valence-electron chi connectivity index (χ4n) is 2.30. The molecule has 2 aromatic carbocycles. The monoisotopic (exact) mass is 271 g/mol. The second kappa shape index (κ2) is 5.97. The van der Waals surface area contributed by atoms with Crippen LogP contribution < -0.4 is 5.32 Å². The molecule has 3 N–H and O–H groups in total. The van der Waals surface area contributed by atoms with Crippen molar-refractivity contribution in [3.63, 3.8) is 0 Å². The van der Waals surface area contributed by atoms with E-state index in [4.69, 9.17) is 0 Å². The summed E-state index contributed by atoms with van der Waals surface area (Å²) in [7, 11) is 0. The Morgan fingerprint density at radius 2 is 1.80 bits per heavy atom. The van der Waals surface area contributed by atoms with Crippen molar-refractivity contribution >= 4 is 0 Å². The van der Waals surface area contributed by atoms with Gasteiger partial charge in [0, 0.05) is 24.2 Å². The number of benzene rings is 2. The minimum absolute atomic E-state index is 0.0776. The highest BCUT2D eigenvalue weighted by Gasteiger charge is 2.09. The van der Waals surface area contributed by atoms with Crippen LogP contribution in [0.25, 0.3) is 0 Å². The largest absolute Gasteiger partial charge is 0.508 e. The number of rotatable bonds is 4. The SMILES string of the molecule is Cc1ccc(C)c(C(C)NCc2ccc(O)cc2O)c1. The molecular formula is C17H21NO2. The Bertz CT molecular complexity index is 608. The van der Waals surface area contributed by atoms with Crippen LogP contribution in [0.15, 0.2) is 36.4 Å². The molecule has 0 saturated heterocycles. The van der Waals surface area contributed by atoms with Gasteiger partial charge in [-0.3, -0.25) is 0 Å². The number of hydrogen-bond donors (Lipinski definition) is 3. The maximum absolute atomic E-state index is 9.77. The highest BCUT2D eigenvalue weighted by molar-refractivity contribution is 5.39. The molecule has 0 radical (unpaired) electrons. The quantitative estimate of drug-likeness (QED) is 0.797. The first-order valence-electron chi connectivity index (χ1n) is 6.79. The molecule has 2 rings (SSSR count). The van der Waals surface area contributed by atoms with Gasteiger partial charge < -0.3 is 15.5 Å². The van der Waals surface area contributed by atoms with Gasteiger partial charge in [-0.1, -0.05) is 29.8 Å². The van der Waals surface area contributed by atoms with Crippen molar-refractivity contribution < 1.29 is 10.2 Å². The molecule has 20 heavy (non-hydrogen) atoms. The van der Waals surface area contributed by atoms with Crippen LogP contribution in [0.1, 0.15) is 35.2 Å². The molecular weight excluding hydrogens is 250 g/mol. The second-order valence-corrected chi connectivity index (χ2v) is 5.28. The molecule has 0 aliphatic heterocycles. The molecule has 0 fully saturated rings. The lowest BCUT2D eigenvalue weighted by Crippen LogP contribution is -2.19. The molecule has 0 amide bonds. The molecule has 2 aromatic rings. The fourth-order valence-corrected chi connectivity index (χ4v) is 2.30. The molecule has 0 saturated carbocycles. The van der Waals surface area contributed by atoms with Gasteiger partial charge in [-0.2, -0.15) is 0 Å². The summed E-state index contributed by atoms with van der Waals surface area (Å²) < 4.78 is 0. The van der Waals surface area contributed by atoms with Gasteiger partial charge in [-0.25, -0.2) is 0 Å². The first kappa shape index (κ1) is 14.4. The van der Waals surface area contributed by atoms with Crippen molar-refractivity contribution in [2.75, 3.05) is 0 Å². The zero-order valence-corrected chi connectivity index (χ0v) is 12.1. The minimum atomic E-state index is 0.0776. The van der Waals surface area contributed by atoms with E-state index >= 15 is 0 Å². The summed E-state index contributed by atoms with van der Waals surface area (Å²) in [5.41, 5.74) is 4.54. The van der Waals surface area contributed by atoms with Crippen LogP contribution in [0.3, 0.4) is 0 Å². The van der Waals surface area contributed by atoms with Crippen LogP contribution in [-0.2, 0) is 6.54 Å². The number of aryl methyl sites for hydroxylation is 2. The summed E-state index contributed by atoms with van der Waals surface area (Å²) in [6, 6.07) is 11.3. The van der Waals surface area contributed by atoms with E-state index in [9.17, 15) is 10.2 Å². The lowest BCUT2D eigenvalue weighted by atomic mass is 10.00. The molecule has 3 nitrogen and oxygen atoms in total. The van der Waals surface area contributed by atoms with Crippen LogP contribution in [0.5, 0.6) is 11.5 Å². The van der Waals surface area contributed by atoms with Crippen molar-refractivity contribution in [2.24, 2.45) is 0 Å². The summed E-state index contributed by atoms with van der Waals surface area (Å²) in [4.78, 5) is 0. The van der Waals surface area contributed by atoms with Gasteiger partial charge in [0.2, 0.25) is 0 Å². The Labute approximate surface area is 119 Å². The third kappa shape index (κ3) is 3.31. The van der Waals surface area contributed by atoms with E-state index in [-0.39, 0.29) is 17.5 Å². The number of phenols is 2. The van der Waals surface area contributed by atoms with Crippen LogP contribution >= 0.6 is 0 Å². The number of nitrogens with one attached hydrogen (secondary N) is 1.